The van der Waals surface area contributed by atoms with Gasteiger partial charge in [0.15, 0.2) is 0 Å². The predicted octanol–water partition coefficient (Wildman–Crippen LogP) is 4.81. The summed E-state index contributed by atoms with van der Waals surface area (Å²) in [4.78, 5) is 27.3. The Kier molecular flexibility index (Phi) is 4.95. The summed E-state index contributed by atoms with van der Waals surface area (Å²) in [5.74, 6) is -0.872. The second kappa shape index (κ2) is 7.33. The third-order valence-corrected chi connectivity index (χ3v) is 3.89. The number of fused-ring (bicyclic) bond motifs is 1. The molecular formula is C19H13ClN2O4. The van der Waals surface area contributed by atoms with E-state index in [1.54, 1.807) is 55.5 Å². The van der Waals surface area contributed by atoms with E-state index in [4.69, 9.17) is 16.3 Å². The molecule has 0 radical (unpaired) electrons. The van der Waals surface area contributed by atoms with Gasteiger partial charge in [-0.25, -0.2) is 4.79 Å². The number of nitro groups is 1. The zero-order valence-electron chi connectivity index (χ0n) is 13.7. The average Bonchev–Trinajstić information content (AvgIpc) is 2.61. The van der Waals surface area contributed by atoms with Gasteiger partial charge in [0.25, 0.3) is 0 Å². The summed E-state index contributed by atoms with van der Waals surface area (Å²) < 4.78 is 5.34. The van der Waals surface area contributed by atoms with Crippen LogP contribution in [0.5, 0.6) is 5.75 Å². The van der Waals surface area contributed by atoms with Crippen LogP contribution in [0.15, 0.2) is 60.3 Å². The van der Waals surface area contributed by atoms with Crippen LogP contribution in [-0.2, 0) is 4.79 Å². The van der Waals surface area contributed by atoms with Gasteiger partial charge in [0, 0.05) is 28.2 Å². The number of aromatic nitrogens is 1. The van der Waals surface area contributed by atoms with E-state index in [1.807, 2.05) is 0 Å². The van der Waals surface area contributed by atoms with E-state index in [0.717, 1.165) is 5.56 Å². The highest BCUT2D eigenvalue weighted by atomic mass is 35.5. The Labute approximate surface area is 153 Å². The fraction of sp³-hybridized carbons (Fsp3) is 0.0526. The number of pyridine rings is 1. The lowest BCUT2D eigenvalue weighted by Gasteiger charge is -2.08. The molecule has 0 unspecified atom stereocenters. The molecule has 0 saturated carbocycles. The number of esters is 1. The largest absolute Gasteiger partial charge is 0.413 e. The Hall–Kier alpha value is -3.25. The Morgan fingerprint density at radius 2 is 2.04 bits per heavy atom. The van der Waals surface area contributed by atoms with Crippen LogP contribution in [0.4, 0.5) is 5.69 Å². The third-order valence-electron chi connectivity index (χ3n) is 3.65. The molecule has 0 atom stereocenters. The maximum Gasteiger partial charge on any atom is 0.339 e. The van der Waals surface area contributed by atoms with Gasteiger partial charge >= 0.3 is 11.7 Å². The molecule has 26 heavy (non-hydrogen) atoms. The van der Waals surface area contributed by atoms with Crippen LogP contribution in [0.1, 0.15) is 12.5 Å². The van der Waals surface area contributed by atoms with Crippen LogP contribution >= 0.6 is 11.6 Å². The van der Waals surface area contributed by atoms with Crippen molar-refractivity contribution in [2.45, 2.75) is 6.92 Å². The molecule has 1 aromatic heterocycles. The Bertz CT molecular complexity index is 1050. The van der Waals surface area contributed by atoms with Crippen molar-refractivity contribution in [2.75, 3.05) is 0 Å². The lowest BCUT2D eigenvalue weighted by Crippen LogP contribution is -2.11. The van der Waals surface area contributed by atoms with Gasteiger partial charge in [-0.15, -0.1) is 0 Å². The number of benzene rings is 2. The van der Waals surface area contributed by atoms with Gasteiger partial charge in [-0.05, 0) is 42.8 Å². The summed E-state index contributed by atoms with van der Waals surface area (Å²) in [7, 11) is 0. The number of rotatable bonds is 4. The molecule has 0 fully saturated rings. The summed E-state index contributed by atoms with van der Waals surface area (Å²) in [6.45, 7) is 1.56. The van der Waals surface area contributed by atoms with E-state index in [1.165, 1.54) is 12.3 Å². The van der Waals surface area contributed by atoms with Crippen molar-refractivity contribution in [2.24, 2.45) is 0 Å². The fourth-order valence-corrected chi connectivity index (χ4v) is 2.63. The van der Waals surface area contributed by atoms with E-state index in [2.05, 4.69) is 4.98 Å². The van der Waals surface area contributed by atoms with Gasteiger partial charge in [0.1, 0.15) is 5.52 Å². The number of carbonyl (C=O) groups excluding carboxylic acids is 1. The van der Waals surface area contributed by atoms with E-state index in [-0.39, 0.29) is 22.5 Å². The van der Waals surface area contributed by atoms with Crippen molar-refractivity contribution in [3.8, 4) is 5.75 Å². The summed E-state index contributed by atoms with van der Waals surface area (Å²) in [6.07, 6.45) is 3.08. The first kappa shape index (κ1) is 17.6. The number of halogens is 1. The minimum Gasteiger partial charge on any atom is -0.413 e. The van der Waals surface area contributed by atoms with Crippen LogP contribution < -0.4 is 4.74 Å². The normalized spacial score (nSPS) is 11.4. The second-order valence-corrected chi connectivity index (χ2v) is 5.95. The molecule has 130 valence electrons. The van der Waals surface area contributed by atoms with E-state index >= 15 is 0 Å². The molecule has 6 nitrogen and oxygen atoms in total. The molecule has 0 amide bonds. The van der Waals surface area contributed by atoms with Gasteiger partial charge in [0.2, 0.25) is 5.75 Å². The highest BCUT2D eigenvalue weighted by molar-refractivity contribution is 6.30. The molecule has 0 aliphatic heterocycles. The first-order valence-corrected chi connectivity index (χ1v) is 8.01. The summed E-state index contributed by atoms with van der Waals surface area (Å²) in [5, 5.41) is 12.5. The Balaban J connectivity index is 1.98. The topological polar surface area (TPSA) is 82.3 Å². The zero-order chi connectivity index (χ0) is 18.7. The highest BCUT2D eigenvalue weighted by Crippen LogP contribution is 2.34. The van der Waals surface area contributed by atoms with Crippen LogP contribution in [0.25, 0.3) is 17.0 Å². The molecule has 0 aliphatic rings. The first-order chi connectivity index (χ1) is 12.5. The Morgan fingerprint density at radius 3 is 2.77 bits per heavy atom. The minimum atomic E-state index is -0.703. The number of nitrogens with zero attached hydrogens (tertiary/aromatic N) is 2. The van der Waals surface area contributed by atoms with Crippen LogP contribution in [0.2, 0.25) is 5.02 Å². The Morgan fingerprint density at radius 1 is 1.23 bits per heavy atom. The summed E-state index contributed by atoms with van der Waals surface area (Å²) in [5.41, 5.74) is 0.928. The quantitative estimate of drug-likeness (QED) is 0.217. The third kappa shape index (κ3) is 3.70. The number of hydrogen-bond donors (Lipinski definition) is 0. The van der Waals surface area contributed by atoms with Crippen LogP contribution in [0.3, 0.4) is 0 Å². The molecule has 0 N–H and O–H groups in total. The van der Waals surface area contributed by atoms with E-state index < -0.39 is 10.9 Å². The standard InChI is InChI=1S/C19H13ClN2O4/c1-12(10-13-4-2-6-15(20)11-13)19(23)26-18-16(22(24)25)8-7-14-5-3-9-21-17(14)18/h2-11H,1H3. The number of nitro benzene ring substituents is 1. The monoisotopic (exact) mass is 368 g/mol. The molecule has 0 bridgehead atoms. The van der Waals surface area contributed by atoms with Gasteiger partial charge in [-0.2, -0.15) is 0 Å². The molecular weight excluding hydrogens is 356 g/mol. The average molecular weight is 369 g/mol. The minimum absolute atomic E-state index is 0.169. The summed E-state index contributed by atoms with van der Waals surface area (Å²) >= 11 is 5.93. The molecule has 2 aromatic carbocycles. The van der Waals surface area contributed by atoms with Crippen molar-refractivity contribution < 1.29 is 14.5 Å². The molecule has 0 saturated heterocycles. The molecule has 0 aliphatic carbocycles. The van der Waals surface area contributed by atoms with Crippen molar-refractivity contribution in [3.05, 3.63) is 81.0 Å². The number of hydrogen-bond acceptors (Lipinski definition) is 5. The second-order valence-electron chi connectivity index (χ2n) is 5.52. The molecule has 7 heteroatoms. The highest BCUT2D eigenvalue weighted by Gasteiger charge is 2.22. The number of carbonyl (C=O) groups is 1. The zero-order valence-corrected chi connectivity index (χ0v) is 14.4. The molecule has 3 rings (SSSR count). The molecule has 0 spiro atoms. The van der Waals surface area contributed by atoms with Gasteiger partial charge < -0.3 is 4.74 Å². The fourth-order valence-electron chi connectivity index (χ4n) is 2.43. The van der Waals surface area contributed by atoms with Crippen molar-refractivity contribution >= 4 is 40.2 Å². The maximum atomic E-state index is 12.4. The van der Waals surface area contributed by atoms with Crippen LogP contribution in [-0.4, -0.2) is 15.9 Å². The first-order valence-electron chi connectivity index (χ1n) is 7.64. The molecule has 3 aromatic rings. The van der Waals surface area contributed by atoms with Crippen LogP contribution in [0, 0.1) is 10.1 Å². The van der Waals surface area contributed by atoms with E-state index in [0.29, 0.717) is 10.4 Å². The predicted molar refractivity (Wildman–Crippen MR) is 99.1 cm³/mol. The smallest absolute Gasteiger partial charge is 0.339 e. The lowest BCUT2D eigenvalue weighted by atomic mass is 10.1. The van der Waals surface area contributed by atoms with Crippen molar-refractivity contribution in [1.29, 1.82) is 0 Å². The SMILES string of the molecule is CC(=Cc1cccc(Cl)c1)C(=O)Oc1c([N+](=O)[O-])ccc2cccnc12. The van der Waals surface area contributed by atoms with Crippen molar-refractivity contribution in [3.63, 3.8) is 0 Å². The summed E-state index contributed by atoms with van der Waals surface area (Å²) in [6, 6.07) is 13.2. The van der Waals surface area contributed by atoms with E-state index in [9.17, 15) is 14.9 Å². The lowest BCUT2D eigenvalue weighted by molar-refractivity contribution is -0.385. The maximum absolute atomic E-state index is 12.4. The van der Waals surface area contributed by atoms with Gasteiger partial charge in [-0.3, -0.25) is 15.1 Å². The van der Waals surface area contributed by atoms with Crippen molar-refractivity contribution in [1.82, 2.24) is 4.98 Å². The molecule has 1 heterocycles. The van der Waals surface area contributed by atoms with Gasteiger partial charge in [-0.1, -0.05) is 29.8 Å². The number of ether oxygens (including phenoxy) is 1. The van der Waals surface area contributed by atoms with Gasteiger partial charge in [0.05, 0.1) is 4.92 Å².